The van der Waals surface area contributed by atoms with Gasteiger partial charge in [0.15, 0.2) is 11.2 Å². The number of H-pyrrole nitrogens is 1. The van der Waals surface area contributed by atoms with E-state index in [0.717, 1.165) is 4.90 Å². The van der Waals surface area contributed by atoms with E-state index in [2.05, 4.69) is 58.0 Å². The molecule has 4 aromatic rings. The smallest absolute Gasteiger partial charge is 0.474 e. The molecule has 1 saturated heterocycles. The molecular weight excluding hydrogens is 1150 g/mol. The van der Waals surface area contributed by atoms with E-state index in [0.29, 0.717) is 55.7 Å². The topological polar surface area (TPSA) is 376 Å². The lowest BCUT2D eigenvalue weighted by molar-refractivity contribution is -0.137. The molecule has 1 saturated carbocycles. The Hall–Kier alpha value is -7.01. The second kappa shape index (κ2) is 30.0. The van der Waals surface area contributed by atoms with Gasteiger partial charge in [-0.25, -0.2) is 19.7 Å². The summed E-state index contributed by atoms with van der Waals surface area (Å²) in [5, 5.41) is 10.7. The third-order valence-corrected chi connectivity index (χ3v) is 15.2. The average molecular weight is 1210 g/mol. The minimum absolute atomic E-state index is 0.00385. The van der Waals surface area contributed by atoms with Crippen molar-refractivity contribution in [2.75, 3.05) is 44.0 Å². The zero-order chi connectivity index (χ0) is 59.8. The Morgan fingerprint density at radius 3 is 2.37 bits per heavy atom. The van der Waals surface area contributed by atoms with Crippen molar-refractivity contribution in [3.8, 4) is 5.88 Å². The standard InChI is InChI=1S/C51H66N12O17P2S/c1-30(2)44(57-38(64)9-6-5-7-22-62-41(66)16-17-42(62)67)48(69)55-31(3)47(68)56-34-13-11-32(12-14-34)25-75-51(71)61(4)21-8-10-39(65)58-50-59-46-45(49(70)60-50)54-29-63(46)43-18-15-35(79-43)27-76-81(72)80-37-24-36(78-40-19-20-52-28-53-40)23-33(37)26-77-82(73,74)83/h11-14,16-17,19-20,28-31,33,35-37,43-44H,5-10,15,18,21-27H2,1-4H3,(H6-,55,56,57,58,59,60,64,65,68,69,70,73,74,83)/p+1/t31-,33+,35-,36+,37-,43+,44?/m0/s1. The summed E-state index contributed by atoms with van der Waals surface area (Å²) in [6, 6.07) is 6.23. The third kappa shape index (κ3) is 19.3. The molecule has 0 spiro atoms. The zero-order valence-electron chi connectivity index (χ0n) is 46.0. The lowest BCUT2D eigenvalue weighted by Gasteiger charge is -2.24. The van der Waals surface area contributed by atoms with Crippen LogP contribution in [0.15, 0.2) is 66.1 Å². The first-order valence-electron chi connectivity index (χ1n) is 26.8. The fraction of sp³-hybridized carbons (Fsp3) is 0.529. The fourth-order valence-electron chi connectivity index (χ4n) is 9.13. The van der Waals surface area contributed by atoms with E-state index in [1.165, 1.54) is 49.9 Å². The van der Waals surface area contributed by atoms with Crippen LogP contribution in [0, 0.1) is 11.8 Å². The van der Waals surface area contributed by atoms with Crippen molar-refractivity contribution >= 4 is 91.1 Å². The van der Waals surface area contributed by atoms with Crippen molar-refractivity contribution in [2.45, 2.75) is 128 Å². The van der Waals surface area contributed by atoms with Gasteiger partial charge in [0.1, 0.15) is 50.1 Å². The molecule has 0 radical (unpaired) electrons. The molecule has 1 aromatic carbocycles. The molecule has 8 atom stereocenters. The number of rotatable bonds is 30. The van der Waals surface area contributed by atoms with Crippen LogP contribution in [0.25, 0.3) is 11.2 Å². The molecule has 7 N–H and O–H groups in total. The molecule has 3 aromatic heterocycles. The van der Waals surface area contributed by atoms with Gasteiger partial charge < -0.3 is 49.4 Å². The number of nitrogens with zero attached hydrogens (tertiary/aromatic N) is 7. The minimum Gasteiger partial charge on any atom is -0.474 e. The highest BCUT2D eigenvalue weighted by Crippen LogP contribution is 2.43. The van der Waals surface area contributed by atoms with Gasteiger partial charge in [0, 0.05) is 80.0 Å². The molecular formula is C51H67N12O17P2S+. The Balaban J connectivity index is 0.781. The normalized spacial score (nSPS) is 19.6. The van der Waals surface area contributed by atoms with Gasteiger partial charge >= 0.3 is 21.1 Å². The molecule has 2 fully saturated rings. The van der Waals surface area contributed by atoms with Crippen LogP contribution >= 0.6 is 15.0 Å². The number of aromatic amines is 1. The van der Waals surface area contributed by atoms with E-state index in [1.54, 1.807) is 48.7 Å². The summed E-state index contributed by atoms with van der Waals surface area (Å²) in [4.78, 5) is 142. The Labute approximate surface area is 482 Å². The Morgan fingerprint density at radius 1 is 0.916 bits per heavy atom. The molecule has 2 aliphatic heterocycles. The molecule has 448 valence electrons. The maximum absolute atomic E-state index is 13.2. The first-order valence-corrected chi connectivity index (χ1v) is 30.5. The van der Waals surface area contributed by atoms with Gasteiger partial charge in [-0.1, -0.05) is 32.4 Å². The van der Waals surface area contributed by atoms with Crippen LogP contribution in [0.3, 0.4) is 0 Å². The molecule has 7 amide bonds. The molecule has 83 heavy (non-hydrogen) atoms. The third-order valence-electron chi connectivity index (χ3n) is 13.6. The SMILES string of the molecule is CC(C)C(NC(=O)CCCCCN1C(=O)C=CC1=O)C(=O)N[C@@H](C)C(=O)Nc1ccc(COC(=O)N(C)CCCC(=O)Nc2nc3c(ncn3[C@H]3CC[C@@H](CO[P+](=O)O[C@H]4C[C@H](Oc5ccncn5)C[C@@H]4COP(O)(O)=S)O3)c(=O)[nH]2)cc1. The number of carbonyl (C=O) groups is 7. The van der Waals surface area contributed by atoms with E-state index in [1.807, 2.05) is 0 Å². The number of amides is 7. The van der Waals surface area contributed by atoms with Gasteiger partial charge in [0.05, 0.1) is 19.0 Å². The van der Waals surface area contributed by atoms with Crippen molar-refractivity contribution in [1.82, 2.24) is 49.9 Å². The van der Waals surface area contributed by atoms with Crippen LogP contribution in [0.1, 0.15) is 96.8 Å². The summed E-state index contributed by atoms with van der Waals surface area (Å²) in [6.07, 6.45) is 7.23. The molecule has 0 bridgehead atoms. The second-order valence-corrected chi connectivity index (χ2v) is 23.9. The maximum atomic E-state index is 13.2. The van der Waals surface area contributed by atoms with Crippen LogP contribution < -0.4 is 31.6 Å². The predicted molar refractivity (Wildman–Crippen MR) is 298 cm³/mol. The predicted octanol–water partition coefficient (Wildman–Crippen LogP) is 3.79. The van der Waals surface area contributed by atoms with Crippen molar-refractivity contribution in [3.63, 3.8) is 0 Å². The van der Waals surface area contributed by atoms with E-state index < -0.39 is 86.9 Å². The van der Waals surface area contributed by atoms with Crippen LogP contribution in [0.5, 0.6) is 5.88 Å². The number of nitrogens with one attached hydrogen (secondary N) is 5. The number of anilines is 2. The summed E-state index contributed by atoms with van der Waals surface area (Å²) in [5.41, 5.74) is 0.563. The highest BCUT2D eigenvalue weighted by molar-refractivity contribution is 8.06. The van der Waals surface area contributed by atoms with Crippen molar-refractivity contribution < 1.29 is 75.7 Å². The second-order valence-electron chi connectivity index (χ2n) is 20.3. The first-order chi connectivity index (χ1) is 39.6. The number of aromatic nitrogens is 6. The number of benzene rings is 1. The van der Waals surface area contributed by atoms with Crippen molar-refractivity contribution in [2.24, 2.45) is 11.8 Å². The van der Waals surface area contributed by atoms with Crippen molar-refractivity contribution in [1.29, 1.82) is 0 Å². The van der Waals surface area contributed by atoms with Gasteiger partial charge in [0.25, 0.3) is 17.4 Å². The Morgan fingerprint density at radius 2 is 1.66 bits per heavy atom. The van der Waals surface area contributed by atoms with E-state index >= 15 is 0 Å². The molecule has 7 rings (SSSR count). The zero-order valence-corrected chi connectivity index (χ0v) is 48.6. The number of imidazole rings is 1. The quantitative estimate of drug-likeness (QED) is 0.0222. The number of imide groups is 1. The lowest BCUT2D eigenvalue weighted by atomic mass is 10.0. The van der Waals surface area contributed by atoms with Gasteiger partial charge in [0.2, 0.25) is 35.5 Å². The summed E-state index contributed by atoms with van der Waals surface area (Å²) in [5.74, 6) is -3.14. The van der Waals surface area contributed by atoms with Gasteiger partial charge in [-0.15, -0.1) is 9.05 Å². The number of ether oxygens (including phenoxy) is 3. The van der Waals surface area contributed by atoms with Crippen LogP contribution in [-0.4, -0.2) is 154 Å². The molecule has 2 unspecified atom stereocenters. The minimum atomic E-state index is -3.97. The summed E-state index contributed by atoms with van der Waals surface area (Å²) in [6.45, 7) is 1.10. The fourth-order valence-corrected chi connectivity index (χ4v) is 10.5. The highest BCUT2D eigenvalue weighted by Gasteiger charge is 2.44. The number of carbonyl (C=O) groups excluding carboxylic acids is 7. The van der Waals surface area contributed by atoms with Crippen LogP contribution in [0.2, 0.25) is 0 Å². The molecule has 1 aliphatic carbocycles. The van der Waals surface area contributed by atoms with Crippen molar-refractivity contribution in [3.05, 3.63) is 77.3 Å². The average Bonchev–Trinajstić information content (AvgIpc) is 3.72. The molecule has 5 heterocycles. The summed E-state index contributed by atoms with van der Waals surface area (Å²) >= 11 is 4.60. The number of hydrogen-bond donors (Lipinski definition) is 7. The molecule has 29 nitrogen and oxygen atoms in total. The highest BCUT2D eigenvalue weighted by atomic mass is 32.5. The molecule has 32 heteroatoms. The lowest BCUT2D eigenvalue weighted by Crippen LogP contribution is -2.53. The Bertz CT molecular complexity index is 3090. The van der Waals surface area contributed by atoms with Crippen LogP contribution in [0.4, 0.5) is 16.4 Å². The monoisotopic (exact) mass is 1210 g/mol. The largest absolute Gasteiger partial charge is 0.697 e. The summed E-state index contributed by atoms with van der Waals surface area (Å²) in [7, 11) is -1.17. The number of fused-ring (bicyclic) bond motifs is 1. The summed E-state index contributed by atoms with van der Waals surface area (Å²) < 4.78 is 48.5. The van der Waals surface area contributed by atoms with Gasteiger partial charge in [-0.2, -0.15) is 4.98 Å². The van der Waals surface area contributed by atoms with Crippen LogP contribution in [-0.2, 0) is 74.8 Å². The molecule has 3 aliphatic rings. The maximum Gasteiger partial charge on any atom is 0.697 e. The first kappa shape index (κ1) is 63.6. The van der Waals surface area contributed by atoms with Gasteiger partial charge in [-0.3, -0.25) is 53.3 Å². The number of hydrogen-bond acceptors (Lipinski definition) is 20. The number of unbranched alkanes of at least 4 members (excludes halogenated alkanes) is 2. The Kier molecular flexibility index (Phi) is 23.0. The van der Waals surface area contributed by atoms with E-state index in [-0.39, 0.29) is 99.3 Å². The van der Waals surface area contributed by atoms with E-state index in [4.69, 9.17) is 27.8 Å². The van der Waals surface area contributed by atoms with E-state index in [9.17, 15) is 52.7 Å². The van der Waals surface area contributed by atoms with Gasteiger partial charge in [-0.05, 0) is 80.9 Å².